The molecule has 1 spiro atoms. The molecule has 3 heterocycles. The van der Waals surface area contributed by atoms with E-state index in [9.17, 15) is 19.5 Å². The highest BCUT2D eigenvalue weighted by atomic mass is 35.5. The maximum Gasteiger partial charge on any atom is 0.251 e. The van der Waals surface area contributed by atoms with E-state index in [1.165, 1.54) is 0 Å². The number of aryl methyl sites for hydroxylation is 1. The molecular formula is C35H42ClN3O4S. The molecule has 2 aromatic rings. The molecule has 3 amide bonds. The predicted molar refractivity (Wildman–Crippen MR) is 179 cm³/mol. The first kappa shape index (κ1) is 32.3. The lowest BCUT2D eigenvalue weighted by molar-refractivity contribution is -0.139. The number of benzene rings is 2. The lowest BCUT2D eigenvalue weighted by Gasteiger charge is -2.41. The van der Waals surface area contributed by atoms with Crippen molar-refractivity contribution < 1.29 is 19.5 Å². The third kappa shape index (κ3) is 5.39. The minimum Gasteiger partial charge on any atom is -0.396 e. The Morgan fingerprint density at radius 1 is 1.05 bits per heavy atom. The van der Waals surface area contributed by atoms with Gasteiger partial charge in [0.05, 0.1) is 27.3 Å². The van der Waals surface area contributed by atoms with Gasteiger partial charge >= 0.3 is 0 Å². The SMILES string of the molecule is C=CCN(C(=O)[C@@H]1[C@H]2C(=O)N(CCCCCO)C(C(=O)N(CC=C)c3c(C)cccc3Cl)C23S[C@@H]1CC3C)c1ccccc1. The number of fused-ring (bicyclic) bond motifs is 1. The van der Waals surface area contributed by atoms with Crippen molar-refractivity contribution in [2.45, 2.75) is 55.6 Å². The summed E-state index contributed by atoms with van der Waals surface area (Å²) < 4.78 is -0.763. The van der Waals surface area contributed by atoms with E-state index in [1.54, 1.807) is 44.7 Å². The Bertz CT molecular complexity index is 1400. The number of aliphatic hydroxyl groups excluding tert-OH is 1. The van der Waals surface area contributed by atoms with Gasteiger partial charge in [0, 0.05) is 37.2 Å². The number of halogens is 1. The number of nitrogens with zero attached hydrogens (tertiary/aromatic N) is 3. The lowest BCUT2D eigenvalue weighted by Crippen LogP contribution is -2.58. The van der Waals surface area contributed by atoms with Crippen LogP contribution in [0.2, 0.25) is 5.02 Å². The van der Waals surface area contributed by atoms with Gasteiger partial charge in [0.15, 0.2) is 0 Å². The van der Waals surface area contributed by atoms with E-state index in [0.29, 0.717) is 36.6 Å². The number of amides is 3. The van der Waals surface area contributed by atoms with Gasteiger partial charge in [0.25, 0.3) is 5.91 Å². The van der Waals surface area contributed by atoms with E-state index in [1.807, 2.05) is 49.4 Å². The van der Waals surface area contributed by atoms with E-state index in [4.69, 9.17) is 11.6 Å². The topological polar surface area (TPSA) is 81.2 Å². The number of thioether (sulfide) groups is 1. The smallest absolute Gasteiger partial charge is 0.251 e. The summed E-state index contributed by atoms with van der Waals surface area (Å²) in [7, 11) is 0. The molecule has 2 aromatic carbocycles. The van der Waals surface area contributed by atoms with Crippen LogP contribution >= 0.6 is 23.4 Å². The van der Waals surface area contributed by atoms with Crippen LogP contribution in [-0.4, -0.2) is 70.0 Å². The molecule has 234 valence electrons. The Hall–Kier alpha value is -3.07. The lowest BCUT2D eigenvalue weighted by atomic mass is 9.65. The van der Waals surface area contributed by atoms with Crippen LogP contribution in [-0.2, 0) is 14.4 Å². The van der Waals surface area contributed by atoms with Crippen molar-refractivity contribution in [3.63, 3.8) is 0 Å². The Morgan fingerprint density at radius 2 is 1.75 bits per heavy atom. The molecule has 6 atom stereocenters. The van der Waals surface area contributed by atoms with E-state index in [0.717, 1.165) is 24.1 Å². The fourth-order valence-corrected chi connectivity index (χ4v) is 10.4. The second-order valence-electron chi connectivity index (χ2n) is 12.1. The van der Waals surface area contributed by atoms with Crippen molar-refractivity contribution in [1.29, 1.82) is 0 Å². The normalized spacial score (nSPS) is 26.9. The van der Waals surface area contributed by atoms with Crippen molar-refractivity contribution in [2.75, 3.05) is 36.0 Å². The Kier molecular flexibility index (Phi) is 9.93. The summed E-state index contributed by atoms with van der Waals surface area (Å²) in [6.07, 6.45) is 6.14. The number of unbranched alkanes of at least 4 members (excludes halogenated alkanes) is 2. The fraction of sp³-hybridized carbons (Fsp3) is 0.457. The number of rotatable bonds is 13. The van der Waals surface area contributed by atoms with Gasteiger partial charge in [-0.3, -0.25) is 14.4 Å². The predicted octanol–water partition coefficient (Wildman–Crippen LogP) is 5.89. The quantitative estimate of drug-likeness (QED) is 0.219. The summed E-state index contributed by atoms with van der Waals surface area (Å²) in [5.41, 5.74) is 2.23. The number of aliphatic hydroxyl groups is 1. The highest BCUT2D eigenvalue weighted by Crippen LogP contribution is 2.69. The summed E-state index contributed by atoms with van der Waals surface area (Å²) in [4.78, 5) is 49.2. The summed E-state index contributed by atoms with van der Waals surface area (Å²) in [6.45, 7) is 12.9. The van der Waals surface area contributed by atoms with Crippen LogP contribution in [0.3, 0.4) is 0 Å². The first-order chi connectivity index (χ1) is 21.2. The number of carbonyl (C=O) groups excluding carboxylic acids is 3. The molecule has 3 fully saturated rings. The molecule has 3 aliphatic rings. The number of para-hydroxylation sites is 2. The zero-order valence-electron chi connectivity index (χ0n) is 25.5. The molecule has 7 nitrogen and oxygen atoms in total. The third-order valence-corrected chi connectivity index (χ3v) is 11.9. The number of hydrogen-bond acceptors (Lipinski definition) is 5. The van der Waals surface area contributed by atoms with Gasteiger partial charge in [-0.25, -0.2) is 0 Å². The molecule has 9 heteroatoms. The van der Waals surface area contributed by atoms with Gasteiger partial charge in [-0.1, -0.05) is 61.0 Å². The van der Waals surface area contributed by atoms with Gasteiger partial charge < -0.3 is 19.8 Å². The summed E-state index contributed by atoms with van der Waals surface area (Å²) in [6, 6.07) is 14.3. The van der Waals surface area contributed by atoms with Crippen LogP contribution in [0, 0.1) is 24.7 Å². The number of hydrogen-bond donors (Lipinski definition) is 1. The second kappa shape index (κ2) is 13.5. The zero-order chi connectivity index (χ0) is 31.6. The standard InChI is InChI=1S/C35H42ClN3O4S/c1-5-18-37(25-15-9-7-10-16-25)32(41)28-27-22-24(4)35(44-27)29(28)33(42)39(20-11-8-12-21-40)31(35)34(43)38(19-6-2)30-23(3)14-13-17-26(30)36/h5-7,9-10,13-17,24,27-29,31,40H,1-2,8,11-12,18-22H2,3-4H3/t24?,27-,28+,29+,31?,35?/m1/s1. The fourth-order valence-electron chi connectivity index (χ4n) is 7.66. The number of likely N-dealkylation sites (tertiary alicyclic amines) is 1. The van der Waals surface area contributed by atoms with Gasteiger partial charge in [0.1, 0.15) is 6.04 Å². The molecule has 0 saturated carbocycles. The van der Waals surface area contributed by atoms with Crippen LogP contribution in [0.5, 0.6) is 0 Å². The van der Waals surface area contributed by atoms with Gasteiger partial charge in [-0.15, -0.1) is 24.9 Å². The van der Waals surface area contributed by atoms with Crippen molar-refractivity contribution in [3.05, 3.63) is 84.4 Å². The minimum atomic E-state index is -0.767. The van der Waals surface area contributed by atoms with Gasteiger partial charge in [-0.05, 0) is 62.3 Å². The number of anilines is 2. The maximum absolute atomic E-state index is 15.0. The van der Waals surface area contributed by atoms with E-state index in [2.05, 4.69) is 20.1 Å². The van der Waals surface area contributed by atoms with E-state index >= 15 is 0 Å². The van der Waals surface area contributed by atoms with Crippen LogP contribution < -0.4 is 9.80 Å². The maximum atomic E-state index is 15.0. The molecule has 44 heavy (non-hydrogen) atoms. The Labute approximate surface area is 269 Å². The van der Waals surface area contributed by atoms with Crippen molar-refractivity contribution in [1.82, 2.24) is 4.90 Å². The first-order valence-corrected chi connectivity index (χ1v) is 16.7. The molecule has 3 aliphatic heterocycles. The van der Waals surface area contributed by atoms with Gasteiger partial charge in [-0.2, -0.15) is 0 Å². The monoisotopic (exact) mass is 635 g/mol. The highest BCUT2D eigenvalue weighted by Gasteiger charge is 2.76. The van der Waals surface area contributed by atoms with Crippen molar-refractivity contribution >= 4 is 52.5 Å². The molecule has 0 radical (unpaired) electrons. The molecule has 0 aliphatic carbocycles. The van der Waals surface area contributed by atoms with Crippen LogP contribution in [0.15, 0.2) is 73.8 Å². The van der Waals surface area contributed by atoms with Crippen LogP contribution in [0.1, 0.15) is 38.2 Å². The third-order valence-electron chi connectivity index (χ3n) is 9.50. The van der Waals surface area contributed by atoms with Crippen molar-refractivity contribution in [2.24, 2.45) is 17.8 Å². The Morgan fingerprint density at radius 3 is 2.41 bits per heavy atom. The first-order valence-electron chi connectivity index (χ1n) is 15.5. The summed E-state index contributed by atoms with van der Waals surface area (Å²) in [5.74, 6) is -1.58. The van der Waals surface area contributed by atoms with E-state index < -0.39 is 22.6 Å². The number of carbonyl (C=O) groups is 3. The second-order valence-corrected chi connectivity index (χ2v) is 14.0. The molecule has 0 aromatic heterocycles. The molecule has 5 rings (SSSR count). The summed E-state index contributed by atoms with van der Waals surface area (Å²) >= 11 is 8.37. The minimum absolute atomic E-state index is 0.0365. The average molecular weight is 636 g/mol. The molecule has 3 saturated heterocycles. The van der Waals surface area contributed by atoms with Crippen molar-refractivity contribution in [3.8, 4) is 0 Å². The summed E-state index contributed by atoms with van der Waals surface area (Å²) in [5, 5.41) is 9.76. The highest BCUT2D eigenvalue weighted by molar-refractivity contribution is 8.02. The van der Waals surface area contributed by atoms with Crippen LogP contribution in [0.4, 0.5) is 11.4 Å². The average Bonchev–Trinajstić information content (AvgIpc) is 3.60. The molecule has 3 unspecified atom stereocenters. The molecular weight excluding hydrogens is 594 g/mol. The molecule has 2 bridgehead atoms. The Balaban J connectivity index is 1.59. The van der Waals surface area contributed by atoms with Crippen LogP contribution in [0.25, 0.3) is 0 Å². The largest absolute Gasteiger partial charge is 0.396 e. The molecule has 1 N–H and O–H groups in total. The van der Waals surface area contributed by atoms with Gasteiger partial charge in [0.2, 0.25) is 11.8 Å². The van der Waals surface area contributed by atoms with E-state index in [-0.39, 0.29) is 42.0 Å². The zero-order valence-corrected chi connectivity index (χ0v) is 27.1.